The second kappa shape index (κ2) is 6.47. The Morgan fingerprint density at radius 1 is 1.17 bits per heavy atom. The van der Waals surface area contributed by atoms with Crippen LogP contribution in [-0.2, 0) is 12.5 Å². The lowest BCUT2D eigenvalue weighted by Crippen LogP contribution is -2.24. The summed E-state index contributed by atoms with van der Waals surface area (Å²) in [6.07, 6.45) is 0. The number of anilines is 1. The standard InChI is InChI=1S/C18H24N4O2/c1-18(2,3)15-11-14(22(6)20-15)16(23)19-13-10-8-7-9-12(13)17(24)21(4)5/h7-11H,1-6H3,(H,19,23). The maximum absolute atomic E-state index is 12.6. The lowest BCUT2D eigenvalue weighted by molar-refractivity contribution is 0.0828. The van der Waals surface area contributed by atoms with Crippen LogP contribution >= 0.6 is 0 Å². The van der Waals surface area contributed by atoms with Gasteiger partial charge in [-0.2, -0.15) is 5.10 Å². The van der Waals surface area contributed by atoms with Gasteiger partial charge in [0.25, 0.3) is 11.8 Å². The summed E-state index contributed by atoms with van der Waals surface area (Å²) in [6, 6.07) is 8.75. The second-order valence-corrected chi connectivity index (χ2v) is 6.99. The van der Waals surface area contributed by atoms with Crippen molar-refractivity contribution in [3.63, 3.8) is 0 Å². The monoisotopic (exact) mass is 328 g/mol. The highest BCUT2D eigenvalue weighted by Gasteiger charge is 2.22. The average Bonchev–Trinajstić information content (AvgIpc) is 2.89. The van der Waals surface area contributed by atoms with E-state index < -0.39 is 0 Å². The summed E-state index contributed by atoms with van der Waals surface area (Å²) in [7, 11) is 5.09. The van der Waals surface area contributed by atoms with Crippen molar-refractivity contribution in [3.8, 4) is 0 Å². The van der Waals surface area contributed by atoms with Crippen LogP contribution in [0.4, 0.5) is 5.69 Å². The molecule has 2 amide bonds. The lowest BCUT2D eigenvalue weighted by Gasteiger charge is -2.14. The summed E-state index contributed by atoms with van der Waals surface area (Å²) < 4.78 is 1.56. The summed E-state index contributed by atoms with van der Waals surface area (Å²) in [6.45, 7) is 6.13. The average molecular weight is 328 g/mol. The minimum Gasteiger partial charge on any atom is -0.345 e. The molecule has 0 atom stereocenters. The molecule has 128 valence electrons. The second-order valence-electron chi connectivity index (χ2n) is 6.99. The molecule has 24 heavy (non-hydrogen) atoms. The van der Waals surface area contributed by atoms with Crippen LogP contribution in [0.1, 0.15) is 47.3 Å². The summed E-state index contributed by atoms with van der Waals surface area (Å²) in [4.78, 5) is 26.3. The molecule has 0 radical (unpaired) electrons. The molecule has 1 aromatic carbocycles. The Morgan fingerprint density at radius 2 is 1.79 bits per heavy atom. The van der Waals surface area contributed by atoms with E-state index in [1.807, 2.05) is 20.8 Å². The van der Waals surface area contributed by atoms with Gasteiger partial charge in [0.05, 0.1) is 16.9 Å². The van der Waals surface area contributed by atoms with E-state index in [1.54, 1.807) is 56.2 Å². The zero-order valence-electron chi connectivity index (χ0n) is 15.0. The van der Waals surface area contributed by atoms with Crippen LogP contribution in [0.3, 0.4) is 0 Å². The van der Waals surface area contributed by atoms with E-state index >= 15 is 0 Å². The predicted molar refractivity (Wildman–Crippen MR) is 94.3 cm³/mol. The zero-order chi connectivity index (χ0) is 18.1. The topological polar surface area (TPSA) is 67.2 Å². The quantitative estimate of drug-likeness (QED) is 0.942. The molecule has 2 aromatic rings. The van der Waals surface area contributed by atoms with Crippen molar-refractivity contribution in [2.45, 2.75) is 26.2 Å². The van der Waals surface area contributed by atoms with Gasteiger partial charge in [0, 0.05) is 26.6 Å². The number of aryl methyl sites for hydroxylation is 1. The third-order valence-electron chi connectivity index (χ3n) is 3.69. The molecule has 0 bridgehead atoms. The van der Waals surface area contributed by atoms with Gasteiger partial charge in [0.2, 0.25) is 0 Å². The van der Waals surface area contributed by atoms with Crippen molar-refractivity contribution in [2.75, 3.05) is 19.4 Å². The van der Waals surface area contributed by atoms with E-state index in [-0.39, 0.29) is 17.2 Å². The predicted octanol–water partition coefficient (Wildman–Crippen LogP) is 2.67. The van der Waals surface area contributed by atoms with Crippen LogP contribution in [-0.4, -0.2) is 40.6 Å². The molecule has 0 unspecified atom stereocenters. The highest BCUT2D eigenvalue weighted by molar-refractivity contribution is 6.08. The fourth-order valence-corrected chi connectivity index (χ4v) is 2.25. The number of nitrogens with one attached hydrogen (secondary N) is 1. The van der Waals surface area contributed by atoms with Gasteiger partial charge >= 0.3 is 0 Å². The molecule has 6 nitrogen and oxygen atoms in total. The zero-order valence-corrected chi connectivity index (χ0v) is 15.0. The Balaban J connectivity index is 2.32. The third kappa shape index (κ3) is 3.64. The highest BCUT2D eigenvalue weighted by Crippen LogP contribution is 2.22. The van der Waals surface area contributed by atoms with E-state index in [0.29, 0.717) is 16.9 Å². The Bertz CT molecular complexity index is 770. The SMILES string of the molecule is CN(C)C(=O)c1ccccc1NC(=O)c1cc(C(C)(C)C)nn1C. The Morgan fingerprint density at radius 3 is 2.33 bits per heavy atom. The van der Waals surface area contributed by atoms with Gasteiger partial charge in [0.1, 0.15) is 5.69 Å². The van der Waals surface area contributed by atoms with Crippen LogP contribution in [0.5, 0.6) is 0 Å². The van der Waals surface area contributed by atoms with Gasteiger partial charge < -0.3 is 10.2 Å². The first-order valence-corrected chi connectivity index (χ1v) is 7.78. The fourth-order valence-electron chi connectivity index (χ4n) is 2.25. The molecule has 0 aliphatic heterocycles. The summed E-state index contributed by atoms with van der Waals surface area (Å²) in [5.74, 6) is -0.453. The molecule has 0 fully saturated rings. The highest BCUT2D eigenvalue weighted by atomic mass is 16.2. The number of rotatable bonds is 3. The molecule has 6 heteroatoms. The van der Waals surface area contributed by atoms with Crippen LogP contribution in [0, 0.1) is 0 Å². The van der Waals surface area contributed by atoms with Gasteiger partial charge in [-0.25, -0.2) is 0 Å². The van der Waals surface area contributed by atoms with Crippen LogP contribution in [0.2, 0.25) is 0 Å². The molecular weight excluding hydrogens is 304 g/mol. The minimum absolute atomic E-state index is 0.144. The summed E-state index contributed by atoms with van der Waals surface area (Å²) >= 11 is 0. The maximum Gasteiger partial charge on any atom is 0.273 e. The van der Waals surface area contributed by atoms with E-state index in [9.17, 15) is 9.59 Å². The first kappa shape index (κ1) is 17.7. The van der Waals surface area contributed by atoms with E-state index in [4.69, 9.17) is 0 Å². The van der Waals surface area contributed by atoms with Gasteiger partial charge in [-0.15, -0.1) is 0 Å². The molecule has 0 aliphatic carbocycles. The summed E-state index contributed by atoms with van der Waals surface area (Å²) in [5.41, 5.74) is 2.09. The smallest absolute Gasteiger partial charge is 0.273 e. The Kier molecular flexibility index (Phi) is 4.78. The van der Waals surface area contributed by atoms with Crippen LogP contribution in [0.25, 0.3) is 0 Å². The molecule has 1 N–H and O–H groups in total. The number of amides is 2. The van der Waals surface area contributed by atoms with Crippen molar-refractivity contribution >= 4 is 17.5 Å². The molecule has 2 rings (SSSR count). The minimum atomic E-state index is -0.292. The lowest BCUT2D eigenvalue weighted by atomic mass is 9.92. The van der Waals surface area contributed by atoms with Crippen molar-refractivity contribution in [1.29, 1.82) is 0 Å². The number of hydrogen-bond donors (Lipinski definition) is 1. The number of carbonyl (C=O) groups excluding carboxylic acids is 2. The third-order valence-corrected chi connectivity index (χ3v) is 3.69. The first-order chi connectivity index (χ1) is 11.1. The molecule has 0 spiro atoms. The van der Waals surface area contributed by atoms with Gasteiger partial charge in [0.15, 0.2) is 0 Å². The first-order valence-electron chi connectivity index (χ1n) is 7.78. The largest absolute Gasteiger partial charge is 0.345 e. The van der Waals surface area contributed by atoms with E-state index in [2.05, 4.69) is 10.4 Å². The fraction of sp³-hybridized carbons (Fsp3) is 0.389. The van der Waals surface area contributed by atoms with Crippen LogP contribution < -0.4 is 5.32 Å². The summed E-state index contributed by atoms with van der Waals surface area (Å²) in [5, 5.41) is 7.23. The number of nitrogens with zero attached hydrogens (tertiary/aromatic N) is 3. The Labute approximate surface area is 142 Å². The number of carbonyl (C=O) groups is 2. The van der Waals surface area contributed by atoms with Crippen LogP contribution in [0.15, 0.2) is 30.3 Å². The number of benzene rings is 1. The van der Waals surface area contributed by atoms with Gasteiger partial charge in [-0.05, 0) is 18.2 Å². The van der Waals surface area contributed by atoms with Crippen molar-refractivity contribution in [2.24, 2.45) is 7.05 Å². The van der Waals surface area contributed by atoms with Crippen molar-refractivity contribution < 1.29 is 9.59 Å². The number of aromatic nitrogens is 2. The molecule has 0 saturated carbocycles. The molecule has 0 saturated heterocycles. The molecule has 1 aromatic heterocycles. The maximum atomic E-state index is 12.6. The van der Waals surface area contributed by atoms with E-state index in [0.717, 1.165) is 5.69 Å². The van der Waals surface area contributed by atoms with Gasteiger partial charge in [-0.3, -0.25) is 14.3 Å². The molecular formula is C18H24N4O2. The molecule has 0 aliphatic rings. The van der Waals surface area contributed by atoms with Gasteiger partial charge in [-0.1, -0.05) is 32.9 Å². The number of hydrogen-bond acceptors (Lipinski definition) is 3. The Hall–Kier alpha value is -2.63. The van der Waals surface area contributed by atoms with E-state index in [1.165, 1.54) is 4.90 Å². The normalized spacial score (nSPS) is 11.2. The van der Waals surface area contributed by atoms with Crippen molar-refractivity contribution in [1.82, 2.24) is 14.7 Å². The number of para-hydroxylation sites is 1. The molecule has 1 heterocycles. The van der Waals surface area contributed by atoms with Crippen molar-refractivity contribution in [3.05, 3.63) is 47.3 Å².